The van der Waals surface area contributed by atoms with E-state index in [0.29, 0.717) is 6.54 Å². The summed E-state index contributed by atoms with van der Waals surface area (Å²) in [5, 5.41) is 27.7. The van der Waals surface area contributed by atoms with Gasteiger partial charge in [-0.25, -0.2) is 0 Å². The number of phenolic OH excluding ortho intramolecular Hbond substituents is 2. The van der Waals surface area contributed by atoms with E-state index in [-0.39, 0.29) is 11.5 Å². The number of aliphatic imine (C=N–C) groups is 1. The molecule has 114 valence electrons. The molecule has 1 aromatic heterocycles. The molecular formula is C17H14N4O2. The van der Waals surface area contributed by atoms with Gasteiger partial charge < -0.3 is 10.2 Å². The molecule has 0 atom stereocenters. The summed E-state index contributed by atoms with van der Waals surface area (Å²) in [6.07, 6.45) is 0. The first-order valence-electron chi connectivity index (χ1n) is 7.22. The minimum absolute atomic E-state index is 0.171. The average Bonchev–Trinajstić information content (AvgIpc) is 2.82. The van der Waals surface area contributed by atoms with Crippen molar-refractivity contribution in [2.24, 2.45) is 4.99 Å². The molecule has 0 fully saturated rings. The molecule has 3 aromatic rings. The molecule has 2 N–H and O–H groups in total. The van der Waals surface area contributed by atoms with E-state index in [0.717, 1.165) is 34.2 Å². The van der Waals surface area contributed by atoms with Crippen LogP contribution in [0, 0.1) is 6.92 Å². The van der Waals surface area contributed by atoms with E-state index in [2.05, 4.69) is 15.2 Å². The molecule has 1 aliphatic heterocycles. The quantitative estimate of drug-likeness (QED) is 0.723. The highest BCUT2D eigenvalue weighted by atomic mass is 16.3. The van der Waals surface area contributed by atoms with Gasteiger partial charge in [-0.3, -0.25) is 9.56 Å². The second-order valence-corrected chi connectivity index (χ2v) is 5.41. The number of hydrogen-bond donors (Lipinski definition) is 2. The van der Waals surface area contributed by atoms with E-state index in [1.165, 1.54) is 0 Å². The van der Waals surface area contributed by atoms with Crippen LogP contribution in [0.15, 0.2) is 47.5 Å². The zero-order valence-corrected chi connectivity index (χ0v) is 12.4. The molecule has 2 aromatic carbocycles. The first-order chi connectivity index (χ1) is 11.1. The second-order valence-electron chi connectivity index (χ2n) is 5.41. The molecular weight excluding hydrogens is 292 g/mol. The van der Waals surface area contributed by atoms with Gasteiger partial charge in [0, 0.05) is 11.1 Å². The Morgan fingerprint density at radius 3 is 2.48 bits per heavy atom. The number of aromatic nitrogens is 3. The lowest BCUT2D eigenvalue weighted by atomic mass is 10.00. The van der Waals surface area contributed by atoms with E-state index in [4.69, 9.17) is 0 Å². The molecule has 6 heteroatoms. The topological polar surface area (TPSA) is 83.5 Å². The number of nitrogens with zero attached hydrogens (tertiary/aromatic N) is 4. The van der Waals surface area contributed by atoms with Crippen LogP contribution in [0.4, 0.5) is 0 Å². The van der Waals surface area contributed by atoms with Crippen molar-refractivity contribution >= 4 is 5.71 Å². The Labute approximate surface area is 132 Å². The summed E-state index contributed by atoms with van der Waals surface area (Å²) in [5.74, 6) is 1.90. The predicted octanol–water partition coefficient (Wildman–Crippen LogP) is 2.34. The van der Waals surface area contributed by atoms with Gasteiger partial charge in [0.1, 0.15) is 23.9 Å². The van der Waals surface area contributed by atoms with Crippen LogP contribution in [-0.2, 0) is 6.54 Å². The van der Waals surface area contributed by atoms with Crippen molar-refractivity contribution < 1.29 is 10.2 Å². The Balaban J connectivity index is 1.98. The van der Waals surface area contributed by atoms with Crippen molar-refractivity contribution in [2.45, 2.75) is 13.5 Å². The molecule has 0 saturated carbocycles. The lowest BCUT2D eigenvalue weighted by Crippen LogP contribution is -2.08. The van der Waals surface area contributed by atoms with Gasteiger partial charge in [0.15, 0.2) is 5.82 Å². The van der Waals surface area contributed by atoms with Crippen LogP contribution >= 0.6 is 0 Å². The zero-order chi connectivity index (χ0) is 16.0. The standard InChI is InChI=1S/C17H14N4O2/c1-10-19-20-16-9-18-17(11-2-4-12(22)5-3-11)14-8-13(23)6-7-15(14)21(10)16/h2-8,22-23H,9H2,1H3. The van der Waals surface area contributed by atoms with Crippen molar-refractivity contribution in [2.75, 3.05) is 0 Å². The van der Waals surface area contributed by atoms with Crippen LogP contribution in [0.3, 0.4) is 0 Å². The molecule has 2 heterocycles. The van der Waals surface area contributed by atoms with Gasteiger partial charge in [0.2, 0.25) is 0 Å². The SMILES string of the molecule is Cc1nnc2n1-c1ccc(O)cc1C(c1ccc(O)cc1)=NC2. The van der Waals surface area contributed by atoms with Crippen molar-refractivity contribution in [3.05, 3.63) is 65.2 Å². The third kappa shape index (κ3) is 2.15. The maximum absolute atomic E-state index is 9.92. The summed E-state index contributed by atoms with van der Waals surface area (Å²) in [5.41, 5.74) is 3.30. The lowest BCUT2D eigenvalue weighted by molar-refractivity contribution is 0.474. The predicted molar refractivity (Wildman–Crippen MR) is 85.2 cm³/mol. The van der Waals surface area contributed by atoms with Crippen molar-refractivity contribution in [1.82, 2.24) is 14.8 Å². The number of aromatic hydroxyl groups is 2. The number of hydrogen-bond acceptors (Lipinski definition) is 5. The highest BCUT2D eigenvalue weighted by Gasteiger charge is 2.21. The molecule has 0 saturated heterocycles. The molecule has 23 heavy (non-hydrogen) atoms. The van der Waals surface area contributed by atoms with E-state index < -0.39 is 0 Å². The van der Waals surface area contributed by atoms with Gasteiger partial charge in [-0.2, -0.15) is 0 Å². The van der Waals surface area contributed by atoms with E-state index >= 15 is 0 Å². The van der Waals surface area contributed by atoms with Crippen LogP contribution in [0.25, 0.3) is 5.69 Å². The Kier molecular flexibility index (Phi) is 2.90. The highest BCUT2D eigenvalue weighted by Crippen LogP contribution is 2.28. The van der Waals surface area contributed by atoms with Crippen LogP contribution in [-0.4, -0.2) is 30.7 Å². The van der Waals surface area contributed by atoms with Crippen molar-refractivity contribution in [1.29, 1.82) is 0 Å². The molecule has 4 rings (SSSR count). The van der Waals surface area contributed by atoms with E-state index in [9.17, 15) is 10.2 Å². The van der Waals surface area contributed by atoms with Crippen LogP contribution < -0.4 is 0 Å². The van der Waals surface area contributed by atoms with E-state index in [1.807, 2.05) is 17.6 Å². The van der Waals surface area contributed by atoms with Gasteiger partial charge in [-0.15, -0.1) is 10.2 Å². The molecule has 1 aliphatic rings. The minimum Gasteiger partial charge on any atom is -0.508 e. The summed E-state index contributed by atoms with van der Waals surface area (Å²) >= 11 is 0. The maximum atomic E-state index is 9.92. The highest BCUT2D eigenvalue weighted by molar-refractivity contribution is 6.15. The average molecular weight is 306 g/mol. The maximum Gasteiger partial charge on any atom is 0.159 e. The number of fused-ring (bicyclic) bond motifs is 3. The number of benzene rings is 2. The van der Waals surface area contributed by atoms with Crippen LogP contribution in [0.5, 0.6) is 11.5 Å². The summed E-state index contributed by atoms with van der Waals surface area (Å²) < 4.78 is 1.95. The third-order valence-corrected chi connectivity index (χ3v) is 3.89. The molecule has 0 amide bonds. The van der Waals surface area contributed by atoms with Gasteiger partial charge in [0.05, 0.1) is 11.4 Å². The minimum atomic E-state index is 0.171. The summed E-state index contributed by atoms with van der Waals surface area (Å²) in [4.78, 5) is 4.66. The summed E-state index contributed by atoms with van der Waals surface area (Å²) in [6, 6.07) is 12.0. The molecule has 6 nitrogen and oxygen atoms in total. The molecule has 0 radical (unpaired) electrons. The molecule has 0 aliphatic carbocycles. The van der Waals surface area contributed by atoms with E-state index in [1.54, 1.807) is 36.4 Å². The second kappa shape index (κ2) is 4.95. The number of phenols is 2. The van der Waals surface area contributed by atoms with Crippen molar-refractivity contribution in [3.8, 4) is 17.2 Å². The van der Waals surface area contributed by atoms with Crippen LogP contribution in [0.1, 0.15) is 22.8 Å². The van der Waals surface area contributed by atoms with Gasteiger partial charge in [-0.1, -0.05) is 0 Å². The first-order valence-corrected chi connectivity index (χ1v) is 7.22. The monoisotopic (exact) mass is 306 g/mol. The zero-order valence-electron chi connectivity index (χ0n) is 12.4. The normalized spacial score (nSPS) is 13.0. The number of rotatable bonds is 1. The Morgan fingerprint density at radius 1 is 0.957 bits per heavy atom. The summed E-state index contributed by atoms with van der Waals surface area (Å²) in [6.45, 7) is 2.28. The third-order valence-electron chi connectivity index (χ3n) is 3.89. The fraction of sp³-hybridized carbons (Fsp3) is 0.118. The summed E-state index contributed by atoms with van der Waals surface area (Å²) in [7, 11) is 0. The smallest absolute Gasteiger partial charge is 0.159 e. The van der Waals surface area contributed by atoms with Gasteiger partial charge in [0.25, 0.3) is 0 Å². The molecule has 0 unspecified atom stereocenters. The van der Waals surface area contributed by atoms with Gasteiger partial charge in [-0.05, 0) is 49.4 Å². The largest absolute Gasteiger partial charge is 0.508 e. The Morgan fingerprint density at radius 2 is 1.70 bits per heavy atom. The van der Waals surface area contributed by atoms with Crippen molar-refractivity contribution in [3.63, 3.8) is 0 Å². The Bertz CT molecular complexity index is 926. The number of aryl methyl sites for hydroxylation is 1. The van der Waals surface area contributed by atoms with Gasteiger partial charge >= 0.3 is 0 Å². The van der Waals surface area contributed by atoms with Crippen LogP contribution in [0.2, 0.25) is 0 Å². The fourth-order valence-electron chi connectivity index (χ4n) is 2.83. The lowest BCUT2D eigenvalue weighted by Gasteiger charge is -2.13. The molecule has 0 bridgehead atoms. The first kappa shape index (κ1) is 13.5. The Hall–Kier alpha value is -3.15. The fourth-order valence-corrected chi connectivity index (χ4v) is 2.83. The molecule has 0 spiro atoms.